The Labute approximate surface area is 116 Å². The molecule has 0 heterocycles. The Morgan fingerprint density at radius 1 is 1.21 bits per heavy atom. The van der Waals surface area contributed by atoms with E-state index in [1.807, 2.05) is 12.1 Å². The van der Waals surface area contributed by atoms with Crippen molar-refractivity contribution >= 4 is 0 Å². The van der Waals surface area contributed by atoms with Crippen LogP contribution in [0, 0.1) is 24.1 Å². The van der Waals surface area contributed by atoms with Gasteiger partial charge < -0.3 is 5.73 Å². The number of nitrogens with two attached hydrogens (primary N) is 1. The minimum absolute atomic E-state index is 0.139. The van der Waals surface area contributed by atoms with Gasteiger partial charge in [0, 0.05) is 5.54 Å². The molecule has 2 N–H and O–H groups in total. The molecule has 0 bridgehead atoms. The van der Waals surface area contributed by atoms with Gasteiger partial charge in [0.05, 0.1) is 0 Å². The molecule has 1 aromatic rings. The molecule has 1 saturated carbocycles. The van der Waals surface area contributed by atoms with Gasteiger partial charge in [-0.25, -0.2) is 4.39 Å². The lowest BCUT2D eigenvalue weighted by molar-refractivity contribution is 0.134. The second-order valence-corrected chi connectivity index (χ2v) is 7.26. The summed E-state index contributed by atoms with van der Waals surface area (Å²) in [4.78, 5) is 0. The molecule has 0 aromatic heterocycles. The van der Waals surface area contributed by atoms with Crippen LogP contribution in [0.2, 0.25) is 0 Å². The molecule has 2 rings (SSSR count). The zero-order valence-electron chi connectivity index (χ0n) is 12.6. The first kappa shape index (κ1) is 14.5. The SMILES string of the molecule is Cc1ccc(C2(N)CCC(C(C)(C)C)CC2)cc1F. The van der Waals surface area contributed by atoms with E-state index in [0.717, 1.165) is 37.2 Å². The van der Waals surface area contributed by atoms with E-state index < -0.39 is 0 Å². The molecule has 0 saturated heterocycles. The monoisotopic (exact) mass is 263 g/mol. The summed E-state index contributed by atoms with van der Waals surface area (Å²) < 4.78 is 13.7. The molecule has 106 valence electrons. The van der Waals surface area contributed by atoms with Crippen LogP contribution in [0.5, 0.6) is 0 Å². The average Bonchev–Trinajstić information content (AvgIpc) is 2.32. The normalized spacial score (nSPS) is 28.4. The van der Waals surface area contributed by atoms with Crippen molar-refractivity contribution in [1.82, 2.24) is 0 Å². The van der Waals surface area contributed by atoms with Gasteiger partial charge in [-0.05, 0) is 61.1 Å². The Hall–Kier alpha value is -0.890. The first-order chi connectivity index (χ1) is 8.72. The number of benzene rings is 1. The van der Waals surface area contributed by atoms with E-state index in [4.69, 9.17) is 5.73 Å². The fourth-order valence-electron chi connectivity index (χ4n) is 3.19. The molecule has 0 unspecified atom stereocenters. The van der Waals surface area contributed by atoms with E-state index in [-0.39, 0.29) is 11.4 Å². The van der Waals surface area contributed by atoms with Crippen LogP contribution >= 0.6 is 0 Å². The van der Waals surface area contributed by atoms with Gasteiger partial charge in [-0.1, -0.05) is 32.9 Å². The van der Waals surface area contributed by atoms with E-state index in [0.29, 0.717) is 11.0 Å². The summed E-state index contributed by atoms with van der Waals surface area (Å²) in [6.45, 7) is 8.69. The predicted octanol–water partition coefficient (Wildman–Crippen LogP) is 4.52. The molecule has 0 aliphatic heterocycles. The van der Waals surface area contributed by atoms with Crippen molar-refractivity contribution in [2.45, 2.75) is 58.9 Å². The molecule has 0 spiro atoms. The summed E-state index contributed by atoms with van der Waals surface area (Å²) in [6, 6.07) is 5.47. The fourth-order valence-corrected chi connectivity index (χ4v) is 3.19. The number of hydrogen-bond acceptors (Lipinski definition) is 1. The number of halogens is 1. The smallest absolute Gasteiger partial charge is 0.126 e. The van der Waals surface area contributed by atoms with Crippen LogP contribution in [0.4, 0.5) is 4.39 Å². The third-order valence-corrected chi connectivity index (χ3v) is 4.85. The molecule has 0 amide bonds. The molecule has 1 fully saturated rings. The second kappa shape index (κ2) is 4.90. The van der Waals surface area contributed by atoms with E-state index in [9.17, 15) is 4.39 Å². The predicted molar refractivity (Wildman–Crippen MR) is 78.4 cm³/mol. The molecule has 19 heavy (non-hydrogen) atoms. The van der Waals surface area contributed by atoms with Gasteiger partial charge in [0.25, 0.3) is 0 Å². The summed E-state index contributed by atoms with van der Waals surface area (Å²) >= 11 is 0. The van der Waals surface area contributed by atoms with Gasteiger partial charge in [0.15, 0.2) is 0 Å². The van der Waals surface area contributed by atoms with E-state index in [1.165, 1.54) is 0 Å². The van der Waals surface area contributed by atoms with Gasteiger partial charge in [0.2, 0.25) is 0 Å². The zero-order chi connectivity index (χ0) is 14.3. The van der Waals surface area contributed by atoms with Gasteiger partial charge in [0.1, 0.15) is 5.82 Å². The summed E-state index contributed by atoms with van der Waals surface area (Å²) in [5.41, 5.74) is 8.20. The van der Waals surface area contributed by atoms with Crippen LogP contribution in [-0.2, 0) is 5.54 Å². The Bertz CT molecular complexity index is 451. The lowest BCUT2D eigenvalue weighted by atomic mass is 9.66. The quantitative estimate of drug-likeness (QED) is 0.791. The molecule has 0 radical (unpaired) electrons. The Kier molecular flexibility index (Phi) is 3.74. The average molecular weight is 263 g/mol. The van der Waals surface area contributed by atoms with Crippen LogP contribution < -0.4 is 5.73 Å². The second-order valence-electron chi connectivity index (χ2n) is 7.26. The fraction of sp³-hybridized carbons (Fsp3) is 0.647. The van der Waals surface area contributed by atoms with Crippen LogP contribution in [0.25, 0.3) is 0 Å². The summed E-state index contributed by atoms with van der Waals surface area (Å²) in [7, 11) is 0. The lowest BCUT2D eigenvalue weighted by Crippen LogP contribution is -2.42. The highest BCUT2D eigenvalue weighted by molar-refractivity contribution is 5.29. The van der Waals surface area contributed by atoms with Gasteiger partial charge in [-0.3, -0.25) is 0 Å². The Balaban J connectivity index is 2.15. The highest BCUT2D eigenvalue weighted by Crippen LogP contribution is 2.44. The topological polar surface area (TPSA) is 26.0 Å². The van der Waals surface area contributed by atoms with E-state index in [1.54, 1.807) is 13.0 Å². The summed E-state index contributed by atoms with van der Waals surface area (Å²) in [5.74, 6) is 0.583. The number of rotatable bonds is 1. The zero-order valence-corrected chi connectivity index (χ0v) is 12.6. The van der Waals surface area contributed by atoms with E-state index >= 15 is 0 Å². The third-order valence-electron chi connectivity index (χ3n) is 4.85. The molecular formula is C17H26FN. The van der Waals surface area contributed by atoms with Gasteiger partial charge in [-0.2, -0.15) is 0 Å². The van der Waals surface area contributed by atoms with Crippen molar-refractivity contribution in [1.29, 1.82) is 0 Å². The van der Waals surface area contributed by atoms with Gasteiger partial charge in [-0.15, -0.1) is 0 Å². The first-order valence-corrected chi connectivity index (χ1v) is 7.28. The molecule has 1 nitrogen and oxygen atoms in total. The van der Waals surface area contributed by atoms with Crippen molar-refractivity contribution < 1.29 is 4.39 Å². The largest absolute Gasteiger partial charge is 0.321 e. The van der Waals surface area contributed by atoms with Crippen LogP contribution in [0.1, 0.15) is 57.6 Å². The van der Waals surface area contributed by atoms with Crippen molar-refractivity contribution in [2.75, 3.05) is 0 Å². The maximum atomic E-state index is 13.7. The maximum Gasteiger partial charge on any atom is 0.126 e. The van der Waals surface area contributed by atoms with Crippen molar-refractivity contribution in [3.05, 3.63) is 35.1 Å². The molecular weight excluding hydrogens is 237 g/mol. The number of hydrogen-bond donors (Lipinski definition) is 1. The van der Waals surface area contributed by atoms with Crippen LogP contribution in [0.15, 0.2) is 18.2 Å². The Morgan fingerprint density at radius 3 is 2.26 bits per heavy atom. The molecule has 1 aliphatic carbocycles. The van der Waals surface area contributed by atoms with Gasteiger partial charge >= 0.3 is 0 Å². The maximum absolute atomic E-state index is 13.7. The minimum Gasteiger partial charge on any atom is -0.321 e. The van der Waals surface area contributed by atoms with E-state index in [2.05, 4.69) is 20.8 Å². The molecule has 0 atom stereocenters. The standard InChI is InChI=1S/C17H26FN/c1-12-5-6-14(11-15(12)18)17(19)9-7-13(8-10-17)16(2,3)4/h5-6,11,13H,7-10,19H2,1-4H3. The lowest BCUT2D eigenvalue weighted by Gasteiger charge is -2.42. The highest BCUT2D eigenvalue weighted by atomic mass is 19.1. The Morgan fingerprint density at radius 2 is 1.79 bits per heavy atom. The summed E-state index contributed by atoms with van der Waals surface area (Å²) in [6.07, 6.45) is 4.18. The van der Waals surface area contributed by atoms with Crippen molar-refractivity contribution in [2.24, 2.45) is 17.1 Å². The summed E-state index contributed by atoms with van der Waals surface area (Å²) in [5, 5.41) is 0. The van der Waals surface area contributed by atoms with Crippen molar-refractivity contribution in [3.63, 3.8) is 0 Å². The molecule has 2 heteroatoms. The van der Waals surface area contributed by atoms with Crippen LogP contribution in [0.3, 0.4) is 0 Å². The molecule has 1 aromatic carbocycles. The van der Waals surface area contributed by atoms with Crippen molar-refractivity contribution in [3.8, 4) is 0 Å². The minimum atomic E-state index is -0.337. The highest BCUT2D eigenvalue weighted by Gasteiger charge is 2.37. The van der Waals surface area contributed by atoms with Crippen LogP contribution in [-0.4, -0.2) is 0 Å². The number of aryl methyl sites for hydroxylation is 1. The third kappa shape index (κ3) is 3.00. The molecule has 1 aliphatic rings. The first-order valence-electron chi connectivity index (χ1n) is 7.28.